The largest absolute Gasteiger partial charge is 0.464 e. The van der Waals surface area contributed by atoms with E-state index in [0.29, 0.717) is 24.1 Å². The van der Waals surface area contributed by atoms with Crippen LogP contribution in [0, 0.1) is 0 Å². The molecule has 5 heteroatoms. The maximum atomic E-state index is 11.0. The lowest BCUT2D eigenvalue weighted by atomic mass is 10.1. The Bertz CT molecular complexity index is 736. The maximum absolute atomic E-state index is 11.0. The Hall–Kier alpha value is -2.27. The number of oxazole rings is 1. The van der Waals surface area contributed by atoms with Gasteiger partial charge in [-0.15, -0.1) is 0 Å². The Morgan fingerprint density at radius 3 is 2.72 bits per heavy atom. The summed E-state index contributed by atoms with van der Waals surface area (Å²) in [6, 6.07) is 9.34. The highest BCUT2D eigenvalue weighted by Gasteiger charge is 2.05. The lowest BCUT2D eigenvalue weighted by molar-refractivity contribution is 0.475. The minimum absolute atomic E-state index is 0.397. The van der Waals surface area contributed by atoms with Gasteiger partial charge in [-0.1, -0.05) is 6.07 Å². The van der Waals surface area contributed by atoms with Crippen molar-refractivity contribution < 1.29 is 8.83 Å². The van der Waals surface area contributed by atoms with E-state index < -0.39 is 5.76 Å². The summed E-state index contributed by atoms with van der Waals surface area (Å²) in [5, 5.41) is 0. The Morgan fingerprint density at radius 1 is 1.11 bits per heavy atom. The number of nitrogens with one attached hydrogen (secondary N) is 1. The van der Waals surface area contributed by atoms with E-state index in [2.05, 4.69) is 4.98 Å². The van der Waals surface area contributed by atoms with Gasteiger partial charge in [-0.3, -0.25) is 4.98 Å². The monoisotopic (exact) mass is 244 g/mol. The molecule has 2 aromatic heterocycles. The topological polar surface area (TPSA) is 85.2 Å². The van der Waals surface area contributed by atoms with E-state index in [1.807, 2.05) is 24.3 Å². The summed E-state index contributed by atoms with van der Waals surface area (Å²) in [4.78, 5) is 13.7. The number of aromatic amines is 1. The molecule has 92 valence electrons. The summed E-state index contributed by atoms with van der Waals surface area (Å²) in [5.74, 6) is 1.18. The second-order valence-corrected chi connectivity index (χ2v) is 4.09. The maximum Gasteiger partial charge on any atom is 0.417 e. The summed E-state index contributed by atoms with van der Waals surface area (Å²) in [7, 11) is 0. The molecule has 0 radical (unpaired) electrons. The molecule has 0 amide bonds. The molecular formula is C13H12N2O3. The molecular weight excluding hydrogens is 232 g/mol. The van der Waals surface area contributed by atoms with Crippen LogP contribution in [0.2, 0.25) is 0 Å². The van der Waals surface area contributed by atoms with Crippen molar-refractivity contribution >= 4 is 11.1 Å². The number of hydrogen-bond acceptors (Lipinski definition) is 4. The van der Waals surface area contributed by atoms with Crippen molar-refractivity contribution in [1.82, 2.24) is 4.98 Å². The summed E-state index contributed by atoms with van der Waals surface area (Å²) in [5.41, 5.74) is 7.79. The number of H-pyrrole nitrogens is 1. The van der Waals surface area contributed by atoms with Crippen LogP contribution in [-0.4, -0.2) is 4.98 Å². The molecule has 3 N–H and O–H groups in total. The van der Waals surface area contributed by atoms with E-state index in [9.17, 15) is 4.79 Å². The van der Waals surface area contributed by atoms with Crippen molar-refractivity contribution in [2.75, 3.05) is 0 Å². The Morgan fingerprint density at radius 2 is 1.94 bits per heavy atom. The van der Waals surface area contributed by atoms with E-state index in [1.165, 1.54) is 0 Å². The third-order valence-corrected chi connectivity index (χ3v) is 2.78. The predicted octanol–water partition coefficient (Wildman–Crippen LogP) is 1.76. The van der Waals surface area contributed by atoms with Crippen LogP contribution in [0.1, 0.15) is 17.1 Å². The minimum Gasteiger partial charge on any atom is -0.464 e. The van der Waals surface area contributed by atoms with Crippen molar-refractivity contribution in [2.24, 2.45) is 5.73 Å². The molecule has 2 heterocycles. The van der Waals surface area contributed by atoms with Crippen LogP contribution in [0.5, 0.6) is 0 Å². The fourth-order valence-corrected chi connectivity index (χ4v) is 1.94. The van der Waals surface area contributed by atoms with Gasteiger partial charge in [0, 0.05) is 6.42 Å². The number of rotatable bonds is 3. The fraction of sp³-hybridized carbons (Fsp3) is 0.154. The Kier molecular flexibility index (Phi) is 2.53. The van der Waals surface area contributed by atoms with E-state index in [-0.39, 0.29) is 0 Å². The normalized spacial score (nSPS) is 11.2. The Balaban J connectivity index is 1.91. The summed E-state index contributed by atoms with van der Waals surface area (Å²) in [6.45, 7) is 0.397. The highest BCUT2D eigenvalue weighted by Crippen LogP contribution is 2.17. The van der Waals surface area contributed by atoms with Gasteiger partial charge in [-0.2, -0.15) is 0 Å². The molecule has 0 aliphatic rings. The van der Waals surface area contributed by atoms with E-state index >= 15 is 0 Å². The second-order valence-electron chi connectivity index (χ2n) is 4.09. The zero-order valence-corrected chi connectivity index (χ0v) is 9.60. The van der Waals surface area contributed by atoms with Crippen LogP contribution in [0.3, 0.4) is 0 Å². The number of aromatic nitrogens is 1. The van der Waals surface area contributed by atoms with Crippen molar-refractivity contribution in [3.05, 3.63) is 58.0 Å². The summed E-state index contributed by atoms with van der Waals surface area (Å²) >= 11 is 0. The highest BCUT2D eigenvalue weighted by atomic mass is 16.4. The zero-order chi connectivity index (χ0) is 12.5. The number of benzene rings is 1. The first-order valence-electron chi connectivity index (χ1n) is 5.64. The molecule has 0 atom stereocenters. The molecule has 5 nitrogen and oxygen atoms in total. The first kappa shape index (κ1) is 10.9. The van der Waals surface area contributed by atoms with E-state index in [1.54, 1.807) is 6.07 Å². The fourth-order valence-electron chi connectivity index (χ4n) is 1.94. The molecule has 0 bridgehead atoms. The summed E-state index contributed by atoms with van der Waals surface area (Å²) < 4.78 is 10.5. The minimum atomic E-state index is -0.439. The third kappa shape index (κ3) is 1.96. The number of nitrogens with two attached hydrogens (primary N) is 1. The molecule has 0 saturated carbocycles. The summed E-state index contributed by atoms with van der Waals surface area (Å²) in [6.07, 6.45) is 0.656. The predicted molar refractivity (Wildman–Crippen MR) is 66.2 cm³/mol. The average molecular weight is 244 g/mol. The Labute approximate surface area is 102 Å². The molecule has 0 aliphatic carbocycles. The molecule has 1 aromatic carbocycles. The van der Waals surface area contributed by atoms with Gasteiger partial charge < -0.3 is 14.6 Å². The van der Waals surface area contributed by atoms with Gasteiger partial charge in [0.25, 0.3) is 0 Å². The molecule has 0 spiro atoms. The molecule has 0 fully saturated rings. The van der Waals surface area contributed by atoms with Crippen LogP contribution < -0.4 is 11.5 Å². The molecule has 3 rings (SSSR count). The highest BCUT2D eigenvalue weighted by molar-refractivity contribution is 5.72. The molecule has 0 unspecified atom stereocenters. The van der Waals surface area contributed by atoms with Crippen LogP contribution in [-0.2, 0) is 13.0 Å². The van der Waals surface area contributed by atoms with Gasteiger partial charge in [0.1, 0.15) is 11.5 Å². The third-order valence-electron chi connectivity index (χ3n) is 2.78. The van der Waals surface area contributed by atoms with E-state index in [4.69, 9.17) is 14.6 Å². The lowest BCUT2D eigenvalue weighted by Gasteiger charge is -1.98. The van der Waals surface area contributed by atoms with Crippen LogP contribution in [0.15, 0.2) is 44.0 Å². The number of fused-ring (bicyclic) bond motifs is 1. The smallest absolute Gasteiger partial charge is 0.417 e. The molecule has 0 aliphatic heterocycles. The lowest BCUT2D eigenvalue weighted by Crippen LogP contribution is -1.93. The second kappa shape index (κ2) is 4.19. The quantitative estimate of drug-likeness (QED) is 0.735. The van der Waals surface area contributed by atoms with Crippen LogP contribution in [0.4, 0.5) is 0 Å². The zero-order valence-electron chi connectivity index (χ0n) is 9.60. The SMILES string of the molecule is NCc1ccc(Cc2ccc3oc(=O)[nH]c3c2)o1. The average Bonchev–Trinajstić information content (AvgIpc) is 2.94. The van der Waals surface area contributed by atoms with Gasteiger partial charge in [-0.25, -0.2) is 4.79 Å². The number of hydrogen-bond donors (Lipinski definition) is 2. The standard InChI is InChI=1S/C13H12N2O3/c14-7-10-3-2-9(17-10)5-8-1-4-12-11(6-8)15-13(16)18-12/h1-4,6H,5,7,14H2,(H,15,16). The van der Waals surface area contributed by atoms with E-state index in [0.717, 1.165) is 17.1 Å². The van der Waals surface area contributed by atoms with Crippen molar-refractivity contribution in [3.8, 4) is 0 Å². The van der Waals surface area contributed by atoms with Gasteiger partial charge in [0.15, 0.2) is 5.58 Å². The van der Waals surface area contributed by atoms with Gasteiger partial charge in [-0.05, 0) is 29.8 Å². The van der Waals surface area contributed by atoms with Crippen LogP contribution >= 0.6 is 0 Å². The molecule has 18 heavy (non-hydrogen) atoms. The molecule has 3 aromatic rings. The first-order valence-corrected chi connectivity index (χ1v) is 5.64. The van der Waals surface area contributed by atoms with Gasteiger partial charge in [0.05, 0.1) is 12.1 Å². The van der Waals surface area contributed by atoms with Gasteiger partial charge in [0.2, 0.25) is 0 Å². The van der Waals surface area contributed by atoms with Crippen molar-refractivity contribution in [1.29, 1.82) is 0 Å². The molecule has 0 saturated heterocycles. The van der Waals surface area contributed by atoms with Crippen LogP contribution in [0.25, 0.3) is 11.1 Å². The van der Waals surface area contributed by atoms with Crippen molar-refractivity contribution in [3.63, 3.8) is 0 Å². The number of furan rings is 1. The first-order chi connectivity index (χ1) is 8.74. The van der Waals surface area contributed by atoms with Gasteiger partial charge >= 0.3 is 5.76 Å². The van der Waals surface area contributed by atoms with Crippen molar-refractivity contribution in [2.45, 2.75) is 13.0 Å².